The van der Waals surface area contributed by atoms with E-state index in [1.165, 1.54) is 55.5 Å². The molecular formula is C53H71N13O17. The quantitative estimate of drug-likeness (QED) is 0.0158. The Kier molecular flexibility index (Phi) is 26.1. The molecule has 9 atom stereocenters. The maximum absolute atomic E-state index is 14.7. The molecule has 0 unspecified atom stereocenters. The highest BCUT2D eigenvalue weighted by molar-refractivity contribution is 5.99. The van der Waals surface area contributed by atoms with Crippen LogP contribution in [0.2, 0.25) is 0 Å². The third-order valence-electron chi connectivity index (χ3n) is 12.9. The van der Waals surface area contributed by atoms with Crippen LogP contribution >= 0.6 is 0 Å². The summed E-state index contributed by atoms with van der Waals surface area (Å²) in [6.45, 7) is -0.981. The van der Waals surface area contributed by atoms with Crippen molar-refractivity contribution in [2.75, 3.05) is 32.8 Å². The van der Waals surface area contributed by atoms with E-state index in [1.807, 2.05) is 5.32 Å². The summed E-state index contributed by atoms with van der Waals surface area (Å²) < 4.78 is 0. The molecule has 3 aromatic carbocycles. The summed E-state index contributed by atoms with van der Waals surface area (Å²) in [7, 11) is 0. The fourth-order valence-electron chi connectivity index (χ4n) is 8.55. The molecule has 30 nitrogen and oxygen atoms in total. The molecule has 30 heteroatoms. The van der Waals surface area contributed by atoms with Crippen molar-refractivity contribution in [3.63, 3.8) is 0 Å². The minimum Gasteiger partial charge on any atom is -0.508 e. The van der Waals surface area contributed by atoms with Crippen LogP contribution < -0.4 is 59.7 Å². The van der Waals surface area contributed by atoms with Crippen molar-refractivity contribution in [2.24, 2.45) is 22.2 Å². The van der Waals surface area contributed by atoms with Gasteiger partial charge in [-0.25, -0.2) is 4.79 Å². The third-order valence-corrected chi connectivity index (χ3v) is 12.9. The summed E-state index contributed by atoms with van der Waals surface area (Å²) in [6, 6.07) is 6.34. The number of aliphatic imine (C=N–C) groups is 1. The molecule has 4 rings (SSSR count). The van der Waals surface area contributed by atoms with Crippen molar-refractivity contribution >= 4 is 71.1 Å². The maximum atomic E-state index is 14.7. The highest BCUT2D eigenvalue weighted by atomic mass is 16.4. The van der Waals surface area contributed by atoms with E-state index in [0.29, 0.717) is 16.7 Å². The van der Waals surface area contributed by atoms with E-state index in [1.54, 1.807) is 30.3 Å². The van der Waals surface area contributed by atoms with Crippen LogP contribution in [0.5, 0.6) is 11.5 Å². The van der Waals surface area contributed by atoms with Crippen LogP contribution in [0.25, 0.3) is 0 Å². The van der Waals surface area contributed by atoms with Crippen molar-refractivity contribution in [1.82, 2.24) is 47.4 Å². The van der Waals surface area contributed by atoms with E-state index < -0.39 is 146 Å². The highest BCUT2D eigenvalue weighted by Crippen LogP contribution is 2.21. The number of aliphatic carboxylic acids is 2. The monoisotopic (exact) mass is 1160 g/mol. The van der Waals surface area contributed by atoms with Gasteiger partial charge in [-0.2, -0.15) is 0 Å². The Morgan fingerprint density at radius 2 is 1.12 bits per heavy atom. The second-order valence-corrected chi connectivity index (χ2v) is 19.3. The Bertz CT molecular complexity index is 2780. The van der Waals surface area contributed by atoms with E-state index >= 15 is 0 Å². The molecule has 0 bridgehead atoms. The lowest BCUT2D eigenvalue weighted by Crippen LogP contribution is -2.61. The first-order valence-electron chi connectivity index (χ1n) is 26.2. The van der Waals surface area contributed by atoms with Crippen molar-refractivity contribution < 1.29 is 83.4 Å². The summed E-state index contributed by atoms with van der Waals surface area (Å²) in [4.78, 5) is 152. The number of rotatable bonds is 32. The molecule has 1 heterocycles. The lowest BCUT2D eigenvalue weighted by Gasteiger charge is -2.31. The predicted octanol–water partition coefficient (Wildman–Crippen LogP) is -5.43. The van der Waals surface area contributed by atoms with Crippen LogP contribution in [-0.2, 0) is 72.0 Å². The van der Waals surface area contributed by atoms with Crippen LogP contribution in [0.15, 0.2) is 83.9 Å². The molecule has 450 valence electrons. The lowest BCUT2D eigenvalue weighted by molar-refractivity contribution is -0.144. The van der Waals surface area contributed by atoms with Gasteiger partial charge in [-0.15, -0.1) is 0 Å². The van der Waals surface area contributed by atoms with Crippen LogP contribution in [0, 0.1) is 0 Å². The molecule has 1 aliphatic heterocycles. The van der Waals surface area contributed by atoms with E-state index in [4.69, 9.17) is 17.2 Å². The van der Waals surface area contributed by atoms with Gasteiger partial charge >= 0.3 is 11.9 Å². The van der Waals surface area contributed by atoms with Crippen LogP contribution in [0.3, 0.4) is 0 Å². The third kappa shape index (κ3) is 21.9. The molecule has 0 radical (unpaired) electrons. The molecule has 1 fully saturated rings. The number of carbonyl (C=O) groups is 11. The minimum atomic E-state index is -1.93. The van der Waals surface area contributed by atoms with E-state index in [-0.39, 0.29) is 75.5 Å². The summed E-state index contributed by atoms with van der Waals surface area (Å²) in [5.41, 5.74) is 17.3. The van der Waals surface area contributed by atoms with Gasteiger partial charge in [0.1, 0.15) is 59.8 Å². The summed E-state index contributed by atoms with van der Waals surface area (Å²) >= 11 is 0. The van der Waals surface area contributed by atoms with E-state index in [0.717, 1.165) is 4.90 Å². The number of aliphatic hydroxyl groups excluding tert-OH is 2. The molecule has 0 saturated carbocycles. The number of carboxylic acids is 2. The number of hydrogen-bond acceptors (Lipinski definition) is 17. The Balaban J connectivity index is 1.61. The number of aromatic hydroxyl groups is 2. The van der Waals surface area contributed by atoms with Gasteiger partial charge in [-0.1, -0.05) is 54.6 Å². The first-order valence-corrected chi connectivity index (χ1v) is 26.2. The molecule has 1 saturated heterocycles. The number of hydrogen-bond donors (Lipinski definition) is 17. The first-order chi connectivity index (χ1) is 39.4. The smallest absolute Gasteiger partial charge is 0.328 e. The van der Waals surface area contributed by atoms with E-state index in [9.17, 15) is 83.4 Å². The number of phenolic OH excluding ortho intramolecular Hbond substituents is 2. The van der Waals surface area contributed by atoms with Crippen molar-refractivity contribution in [3.05, 3.63) is 95.6 Å². The minimum absolute atomic E-state index is 0.0358. The van der Waals surface area contributed by atoms with Gasteiger partial charge in [0.2, 0.25) is 53.2 Å². The van der Waals surface area contributed by atoms with Crippen LogP contribution in [0.4, 0.5) is 0 Å². The number of carbonyl (C=O) groups excluding carboxylic acids is 9. The van der Waals surface area contributed by atoms with E-state index in [2.05, 4.69) is 42.2 Å². The Hall–Kier alpha value is -9.42. The van der Waals surface area contributed by atoms with Gasteiger partial charge in [0.15, 0.2) is 5.96 Å². The van der Waals surface area contributed by atoms with Gasteiger partial charge in [0.05, 0.1) is 32.2 Å². The summed E-state index contributed by atoms with van der Waals surface area (Å²) in [5, 5.41) is 78.6. The molecule has 0 aliphatic carbocycles. The molecular weight excluding hydrogens is 1090 g/mol. The Morgan fingerprint density at radius 3 is 1.60 bits per heavy atom. The number of carboxylic acid groups (broad SMARTS) is 2. The van der Waals surface area contributed by atoms with Crippen molar-refractivity contribution in [1.29, 1.82) is 0 Å². The molecule has 1 aliphatic rings. The average molecular weight is 1160 g/mol. The topological polar surface area (TPSA) is 499 Å². The van der Waals surface area contributed by atoms with Crippen LogP contribution in [0.1, 0.15) is 55.7 Å². The Morgan fingerprint density at radius 1 is 0.627 bits per heavy atom. The second-order valence-electron chi connectivity index (χ2n) is 19.3. The van der Waals surface area contributed by atoms with Gasteiger partial charge in [-0.05, 0) is 73.6 Å². The average Bonchev–Trinajstić information content (AvgIpc) is 4.14. The maximum Gasteiger partial charge on any atom is 0.328 e. The van der Waals surface area contributed by atoms with Gasteiger partial charge < -0.3 is 95.3 Å². The summed E-state index contributed by atoms with van der Waals surface area (Å²) in [6.07, 6.45) is -2.96. The molecule has 3 aromatic rings. The number of aliphatic hydroxyl groups is 2. The molecule has 9 amide bonds. The van der Waals surface area contributed by atoms with Crippen molar-refractivity contribution in [2.45, 2.75) is 113 Å². The molecule has 0 aromatic heterocycles. The van der Waals surface area contributed by atoms with Gasteiger partial charge in [0, 0.05) is 32.4 Å². The number of nitrogens with zero attached hydrogens (tertiary/aromatic N) is 2. The number of likely N-dealkylation sites (tertiary alicyclic amines) is 1. The molecule has 0 spiro atoms. The molecule has 83 heavy (non-hydrogen) atoms. The normalized spacial score (nSPS) is 15.6. The zero-order valence-corrected chi connectivity index (χ0v) is 45.2. The number of amides is 9. The van der Waals surface area contributed by atoms with Crippen LogP contribution in [-0.4, -0.2) is 194 Å². The number of nitrogens with one attached hydrogen (secondary N) is 8. The number of nitrogens with two attached hydrogens (primary N) is 3. The fraction of sp³-hybridized carbons (Fsp3) is 0.434. The van der Waals surface area contributed by atoms with Gasteiger partial charge in [0.25, 0.3) is 0 Å². The Labute approximate surface area is 475 Å². The lowest BCUT2D eigenvalue weighted by atomic mass is 10.0. The number of phenols is 2. The number of guanidine groups is 1. The second kappa shape index (κ2) is 32.7. The van der Waals surface area contributed by atoms with Gasteiger partial charge in [-0.3, -0.25) is 52.9 Å². The largest absolute Gasteiger partial charge is 0.508 e. The summed E-state index contributed by atoms with van der Waals surface area (Å²) in [5.74, 6) is -12.4. The zero-order valence-electron chi connectivity index (χ0n) is 45.2. The first kappa shape index (κ1) is 66.1. The predicted molar refractivity (Wildman–Crippen MR) is 293 cm³/mol. The highest BCUT2D eigenvalue weighted by Gasteiger charge is 2.41. The number of benzene rings is 3. The zero-order chi connectivity index (χ0) is 61.3. The SMILES string of the molecule is C[C@@H](O)[C@H](NC(=O)CNC(=O)[C@H](CCCN=C(N)N)NC(=O)CN)C(=O)N1CCC[C@H]1C(=O)N[C@@H](Cc1ccc(O)cc1)C(=O)N[C@@H](Cc1ccc(O)cc1)C(=O)N[C@@H](Cc1ccccc1)C(=O)N[C@@H](CC(=O)O)C(=O)N[C@@H](CO)C(=O)O. The van der Waals surface area contributed by atoms with Crippen molar-refractivity contribution in [3.8, 4) is 11.5 Å². The fourth-order valence-corrected chi connectivity index (χ4v) is 8.55. The molecule has 20 N–H and O–H groups in total. The standard InChI is InChI=1S/C53H71N13O17/c1-28(68)44(65-42(72)26-58-45(75)34(59-41(71)25-54)9-5-19-57-53(55)56)51(81)66-20-6-10-40(66)50(80)63-37(23-31-13-17-33(70)18-14-31)48(78)61-36(22-30-11-15-32(69)16-12-30)46(76)60-35(21-29-7-3-2-4-8-29)47(77)62-38(24-43(73)74)49(79)64-39(27-67)52(82)83/h2-4,7-8,11-18,28,34-40,44,67-70H,5-6,9-10,19-27,54H2,1H3,(H,58,75)(H,59,71)(H,60,76)(H,61,78)(H,62,77)(H,63,80)(H,64,79)(H,65,72)(H,73,74)(H,82,83)(H4,55,56,57)/t28-,34+,35+,36+,37+,38+,39+,40+,44+/m1/s1.